The van der Waals surface area contributed by atoms with E-state index in [2.05, 4.69) is 0 Å². The molecule has 0 saturated heterocycles. The van der Waals surface area contributed by atoms with Gasteiger partial charge in [-0.3, -0.25) is 0 Å². The second-order valence-corrected chi connectivity index (χ2v) is 4.68. The minimum Gasteiger partial charge on any atom is -0.387 e. The van der Waals surface area contributed by atoms with Crippen LogP contribution in [0, 0.1) is 6.92 Å². The zero-order valence-corrected chi connectivity index (χ0v) is 10.0. The summed E-state index contributed by atoms with van der Waals surface area (Å²) in [4.78, 5) is 2.24. The van der Waals surface area contributed by atoms with E-state index in [0.717, 1.165) is 4.88 Å². The van der Waals surface area contributed by atoms with Crippen LogP contribution in [0.3, 0.4) is 0 Å². The Kier molecular flexibility index (Phi) is 5.86. The minimum atomic E-state index is -0.397. The Morgan fingerprint density at radius 3 is 2.73 bits per heavy atom. The van der Waals surface area contributed by atoms with E-state index in [0.29, 0.717) is 26.2 Å². The molecule has 0 amide bonds. The third-order valence-corrected chi connectivity index (χ3v) is 3.16. The fraction of sp³-hybridized carbons (Fsp3) is 0.636. The quantitative estimate of drug-likeness (QED) is 0.729. The third kappa shape index (κ3) is 4.75. The van der Waals surface area contributed by atoms with Crippen LogP contribution in [0.1, 0.15) is 22.3 Å². The largest absolute Gasteiger partial charge is 0.387 e. The summed E-state index contributed by atoms with van der Waals surface area (Å²) in [5, 5.41) is 9.79. The molecule has 1 rings (SSSR count). The lowest BCUT2D eigenvalue weighted by Gasteiger charge is -2.08. The first-order valence-corrected chi connectivity index (χ1v) is 5.86. The van der Waals surface area contributed by atoms with Gasteiger partial charge in [0.25, 0.3) is 0 Å². The van der Waals surface area contributed by atoms with Gasteiger partial charge < -0.3 is 14.6 Å². The monoisotopic (exact) mass is 230 g/mol. The highest BCUT2D eigenvalue weighted by molar-refractivity contribution is 7.11. The molecular formula is C11H18O3S. The van der Waals surface area contributed by atoms with Crippen LogP contribution >= 0.6 is 11.3 Å². The summed E-state index contributed by atoms with van der Waals surface area (Å²) >= 11 is 1.63. The van der Waals surface area contributed by atoms with Crippen LogP contribution < -0.4 is 0 Å². The van der Waals surface area contributed by atoms with Gasteiger partial charge in [-0.2, -0.15) is 0 Å². The Morgan fingerprint density at radius 1 is 1.33 bits per heavy atom. The summed E-state index contributed by atoms with van der Waals surface area (Å²) in [7, 11) is 1.65. The van der Waals surface area contributed by atoms with Crippen molar-refractivity contribution in [3.8, 4) is 0 Å². The summed E-state index contributed by atoms with van der Waals surface area (Å²) in [6, 6.07) is 3.99. The molecule has 0 aliphatic carbocycles. The number of hydrogen-bond donors (Lipinski definition) is 1. The van der Waals surface area contributed by atoms with Crippen LogP contribution in [0.15, 0.2) is 12.1 Å². The molecular weight excluding hydrogens is 212 g/mol. The van der Waals surface area contributed by atoms with Gasteiger partial charge in [-0.25, -0.2) is 0 Å². The van der Waals surface area contributed by atoms with Gasteiger partial charge in [0.2, 0.25) is 0 Å². The average molecular weight is 230 g/mol. The maximum atomic E-state index is 9.79. The SMILES string of the molecule is COCCOCCC(O)c1ccc(C)s1. The molecule has 0 aliphatic heterocycles. The summed E-state index contributed by atoms with van der Waals surface area (Å²) in [5.74, 6) is 0. The Bertz CT molecular complexity index is 273. The van der Waals surface area contributed by atoms with Crippen molar-refractivity contribution < 1.29 is 14.6 Å². The highest BCUT2D eigenvalue weighted by atomic mass is 32.1. The number of hydrogen-bond acceptors (Lipinski definition) is 4. The van der Waals surface area contributed by atoms with Gasteiger partial charge in [-0.05, 0) is 19.1 Å². The molecule has 4 heteroatoms. The minimum absolute atomic E-state index is 0.397. The summed E-state index contributed by atoms with van der Waals surface area (Å²) in [6.07, 6.45) is 0.246. The smallest absolute Gasteiger partial charge is 0.0904 e. The highest BCUT2D eigenvalue weighted by Crippen LogP contribution is 2.24. The van der Waals surface area contributed by atoms with E-state index >= 15 is 0 Å². The molecule has 86 valence electrons. The number of rotatable bonds is 7. The lowest BCUT2D eigenvalue weighted by Crippen LogP contribution is -2.06. The maximum Gasteiger partial charge on any atom is 0.0904 e. The first-order chi connectivity index (χ1) is 7.24. The molecule has 1 unspecified atom stereocenters. The van der Waals surface area contributed by atoms with Crippen LogP contribution in [0.2, 0.25) is 0 Å². The van der Waals surface area contributed by atoms with Crippen LogP contribution in [0.5, 0.6) is 0 Å². The maximum absolute atomic E-state index is 9.79. The van der Waals surface area contributed by atoms with Gasteiger partial charge in [0, 0.05) is 29.9 Å². The first kappa shape index (κ1) is 12.6. The van der Waals surface area contributed by atoms with E-state index in [1.165, 1.54) is 4.88 Å². The molecule has 0 aromatic carbocycles. The van der Waals surface area contributed by atoms with E-state index < -0.39 is 6.10 Å². The summed E-state index contributed by atoms with van der Waals surface area (Å²) < 4.78 is 10.1. The summed E-state index contributed by atoms with van der Waals surface area (Å²) in [6.45, 7) is 3.80. The average Bonchev–Trinajstić information content (AvgIpc) is 2.64. The van der Waals surface area contributed by atoms with Gasteiger partial charge in [-0.15, -0.1) is 11.3 Å². The fourth-order valence-electron chi connectivity index (χ4n) is 1.21. The number of aliphatic hydroxyl groups is 1. The van der Waals surface area contributed by atoms with E-state index in [-0.39, 0.29) is 0 Å². The third-order valence-electron chi connectivity index (χ3n) is 2.06. The second kappa shape index (κ2) is 6.95. The normalized spacial score (nSPS) is 13.0. The van der Waals surface area contributed by atoms with Crippen molar-refractivity contribution in [3.63, 3.8) is 0 Å². The zero-order valence-electron chi connectivity index (χ0n) is 9.23. The second-order valence-electron chi connectivity index (χ2n) is 3.36. The molecule has 1 heterocycles. The van der Waals surface area contributed by atoms with Gasteiger partial charge >= 0.3 is 0 Å². The standard InChI is InChI=1S/C11H18O3S/c1-9-3-4-11(15-9)10(12)5-6-14-8-7-13-2/h3-4,10,12H,5-8H2,1-2H3. The van der Waals surface area contributed by atoms with Crippen LogP contribution in [0.4, 0.5) is 0 Å². The van der Waals surface area contributed by atoms with Gasteiger partial charge in [0.1, 0.15) is 0 Å². The molecule has 1 N–H and O–H groups in total. The van der Waals surface area contributed by atoms with E-state index in [1.54, 1.807) is 18.4 Å². The molecule has 1 aromatic rings. The Labute approximate surface area is 94.6 Å². The fourth-order valence-corrected chi connectivity index (χ4v) is 2.11. The summed E-state index contributed by atoms with van der Waals surface area (Å²) in [5.41, 5.74) is 0. The van der Waals surface area contributed by atoms with Gasteiger partial charge in [-0.1, -0.05) is 0 Å². The Morgan fingerprint density at radius 2 is 2.13 bits per heavy atom. The molecule has 0 radical (unpaired) electrons. The van der Waals surface area contributed by atoms with Crippen molar-refractivity contribution >= 4 is 11.3 Å². The molecule has 0 aliphatic rings. The number of aryl methyl sites for hydroxylation is 1. The topological polar surface area (TPSA) is 38.7 Å². The van der Waals surface area contributed by atoms with Crippen molar-refractivity contribution in [1.82, 2.24) is 0 Å². The Balaban J connectivity index is 2.16. The van der Waals surface area contributed by atoms with Crippen LogP contribution in [-0.2, 0) is 9.47 Å². The van der Waals surface area contributed by atoms with Gasteiger partial charge in [0.05, 0.1) is 19.3 Å². The molecule has 0 fully saturated rings. The lowest BCUT2D eigenvalue weighted by atomic mass is 10.2. The van der Waals surface area contributed by atoms with Crippen LogP contribution in [-0.4, -0.2) is 32.0 Å². The van der Waals surface area contributed by atoms with Crippen molar-refractivity contribution in [2.24, 2.45) is 0 Å². The zero-order chi connectivity index (χ0) is 11.1. The number of ether oxygens (including phenoxy) is 2. The molecule has 15 heavy (non-hydrogen) atoms. The molecule has 0 bridgehead atoms. The van der Waals surface area contributed by atoms with Gasteiger partial charge in [0.15, 0.2) is 0 Å². The molecule has 1 atom stereocenters. The van der Waals surface area contributed by atoms with E-state index in [9.17, 15) is 5.11 Å². The number of thiophene rings is 1. The highest BCUT2D eigenvalue weighted by Gasteiger charge is 2.08. The van der Waals surface area contributed by atoms with Crippen molar-refractivity contribution in [2.45, 2.75) is 19.4 Å². The van der Waals surface area contributed by atoms with Crippen LogP contribution in [0.25, 0.3) is 0 Å². The molecule has 0 spiro atoms. The Hall–Kier alpha value is -0.420. The number of methoxy groups -OCH3 is 1. The van der Waals surface area contributed by atoms with E-state index in [1.807, 2.05) is 19.1 Å². The predicted octanol–water partition coefficient (Wildman–Crippen LogP) is 2.14. The first-order valence-electron chi connectivity index (χ1n) is 5.05. The van der Waals surface area contributed by atoms with Crippen molar-refractivity contribution in [1.29, 1.82) is 0 Å². The predicted molar refractivity (Wildman–Crippen MR) is 61.3 cm³/mol. The van der Waals surface area contributed by atoms with Crippen molar-refractivity contribution in [2.75, 3.05) is 26.9 Å². The van der Waals surface area contributed by atoms with Crippen molar-refractivity contribution in [3.05, 3.63) is 21.9 Å². The lowest BCUT2D eigenvalue weighted by molar-refractivity contribution is 0.0482. The molecule has 3 nitrogen and oxygen atoms in total. The molecule has 1 aromatic heterocycles. The number of aliphatic hydroxyl groups excluding tert-OH is 1. The van der Waals surface area contributed by atoms with E-state index in [4.69, 9.17) is 9.47 Å². The molecule has 0 saturated carbocycles.